The molecule has 0 amide bonds. The number of rotatable bonds is 5. The number of nitro benzene ring substituents is 1. The van der Waals surface area contributed by atoms with Gasteiger partial charge >= 0.3 is 5.97 Å². The molecular formula is C14H15N3O5. The maximum atomic E-state index is 11.9. The second kappa shape index (κ2) is 6.25. The summed E-state index contributed by atoms with van der Waals surface area (Å²) >= 11 is 0. The van der Waals surface area contributed by atoms with Crippen LogP contribution in [0.3, 0.4) is 0 Å². The summed E-state index contributed by atoms with van der Waals surface area (Å²) in [6.45, 7) is 2.17. The molecule has 2 aromatic rings. The van der Waals surface area contributed by atoms with E-state index in [1.807, 2.05) is 0 Å². The van der Waals surface area contributed by atoms with Crippen LogP contribution in [0.2, 0.25) is 0 Å². The third-order valence-electron chi connectivity index (χ3n) is 3.08. The van der Waals surface area contributed by atoms with E-state index in [9.17, 15) is 14.9 Å². The van der Waals surface area contributed by atoms with Crippen molar-refractivity contribution in [3.63, 3.8) is 0 Å². The molecule has 0 fully saturated rings. The molecule has 0 aliphatic heterocycles. The maximum Gasteiger partial charge on any atom is 0.340 e. The van der Waals surface area contributed by atoms with Crippen molar-refractivity contribution >= 4 is 17.3 Å². The van der Waals surface area contributed by atoms with Crippen LogP contribution in [0.25, 0.3) is 0 Å². The first-order valence-corrected chi connectivity index (χ1v) is 6.42. The molecule has 0 N–H and O–H groups in total. The number of aromatic nitrogens is 1. The van der Waals surface area contributed by atoms with Gasteiger partial charge in [-0.25, -0.2) is 4.79 Å². The fourth-order valence-corrected chi connectivity index (χ4v) is 2.06. The van der Waals surface area contributed by atoms with Gasteiger partial charge in [0.25, 0.3) is 5.69 Å². The Labute approximate surface area is 126 Å². The summed E-state index contributed by atoms with van der Waals surface area (Å²) in [5.74, 6) is 0.0437. The number of carbonyl (C=O) groups excluding carboxylic acids is 1. The second-order valence-electron chi connectivity index (χ2n) is 4.74. The number of aryl methyl sites for hydroxylation is 1. The van der Waals surface area contributed by atoms with Gasteiger partial charge in [0.15, 0.2) is 0 Å². The zero-order valence-corrected chi connectivity index (χ0v) is 12.4. The zero-order chi connectivity index (χ0) is 16.3. The molecule has 0 atom stereocenters. The molecule has 0 radical (unpaired) electrons. The lowest BCUT2D eigenvalue weighted by molar-refractivity contribution is -0.384. The van der Waals surface area contributed by atoms with Crippen LogP contribution in [-0.2, 0) is 11.3 Å². The first kappa shape index (κ1) is 15.5. The van der Waals surface area contributed by atoms with Crippen LogP contribution in [0.1, 0.15) is 21.8 Å². The van der Waals surface area contributed by atoms with Crippen molar-refractivity contribution in [2.24, 2.45) is 0 Å². The molecule has 0 spiro atoms. The predicted octanol–water partition coefficient (Wildman–Crippen LogP) is 2.31. The molecular weight excluding hydrogens is 290 g/mol. The van der Waals surface area contributed by atoms with E-state index in [0.717, 1.165) is 0 Å². The molecule has 0 aliphatic rings. The quantitative estimate of drug-likeness (QED) is 0.475. The van der Waals surface area contributed by atoms with Crippen LogP contribution in [0.5, 0.6) is 0 Å². The lowest BCUT2D eigenvalue weighted by atomic mass is 10.1. The third kappa shape index (κ3) is 3.22. The first-order chi connectivity index (χ1) is 10.4. The van der Waals surface area contributed by atoms with Gasteiger partial charge in [-0.2, -0.15) is 0 Å². The summed E-state index contributed by atoms with van der Waals surface area (Å²) < 4.78 is 9.69. The van der Waals surface area contributed by atoms with Gasteiger partial charge in [0, 0.05) is 25.2 Å². The minimum absolute atomic E-state index is 0.124. The Kier molecular flexibility index (Phi) is 4.40. The van der Waals surface area contributed by atoms with Gasteiger partial charge in [-0.05, 0) is 13.0 Å². The van der Waals surface area contributed by atoms with Crippen molar-refractivity contribution in [3.8, 4) is 0 Å². The van der Waals surface area contributed by atoms with Crippen molar-refractivity contribution in [2.75, 3.05) is 19.1 Å². The summed E-state index contributed by atoms with van der Waals surface area (Å²) in [6, 6.07) is 5.83. The summed E-state index contributed by atoms with van der Waals surface area (Å²) in [4.78, 5) is 23.9. The SMILES string of the molecule is COC(=O)c1cc([N+](=O)[O-])ccc1N(C)Cc1cc(C)on1. The Morgan fingerprint density at radius 3 is 2.73 bits per heavy atom. The smallest absolute Gasteiger partial charge is 0.340 e. The van der Waals surface area contributed by atoms with Gasteiger partial charge in [0.2, 0.25) is 0 Å². The molecule has 116 valence electrons. The molecule has 1 heterocycles. The molecule has 0 aliphatic carbocycles. The van der Waals surface area contributed by atoms with E-state index in [1.54, 1.807) is 24.9 Å². The van der Waals surface area contributed by atoms with Crippen molar-refractivity contribution in [2.45, 2.75) is 13.5 Å². The van der Waals surface area contributed by atoms with Crippen LogP contribution in [0.4, 0.5) is 11.4 Å². The van der Waals surface area contributed by atoms with Crippen LogP contribution >= 0.6 is 0 Å². The van der Waals surface area contributed by atoms with E-state index in [4.69, 9.17) is 9.26 Å². The van der Waals surface area contributed by atoms with E-state index >= 15 is 0 Å². The number of methoxy groups -OCH3 is 1. The highest BCUT2D eigenvalue weighted by Gasteiger charge is 2.20. The molecule has 0 saturated heterocycles. The molecule has 22 heavy (non-hydrogen) atoms. The Morgan fingerprint density at radius 2 is 2.18 bits per heavy atom. The Morgan fingerprint density at radius 1 is 1.45 bits per heavy atom. The maximum absolute atomic E-state index is 11.9. The number of nitro groups is 1. The number of benzene rings is 1. The fraction of sp³-hybridized carbons (Fsp3) is 0.286. The van der Waals surface area contributed by atoms with Crippen LogP contribution in [-0.4, -0.2) is 30.2 Å². The van der Waals surface area contributed by atoms with E-state index < -0.39 is 10.9 Å². The molecule has 8 heteroatoms. The molecule has 2 rings (SSSR count). The highest BCUT2D eigenvalue weighted by Crippen LogP contribution is 2.26. The van der Waals surface area contributed by atoms with Gasteiger partial charge in [0.05, 0.1) is 29.8 Å². The van der Waals surface area contributed by atoms with Crippen LogP contribution in [0.15, 0.2) is 28.8 Å². The number of hydrogen-bond acceptors (Lipinski definition) is 7. The average molecular weight is 305 g/mol. The van der Waals surface area contributed by atoms with Crippen LogP contribution < -0.4 is 4.90 Å². The topological polar surface area (TPSA) is 98.7 Å². The summed E-state index contributed by atoms with van der Waals surface area (Å²) in [5.41, 5.74) is 1.15. The average Bonchev–Trinajstić information content (AvgIpc) is 2.90. The monoisotopic (exact) mass is 305 g/mol. The highest BCUT2D eigenvalue weighted by molar-refractivity contribution is 5.96. The van der Waals surface area contributed by atoms with E-state index in [2.05, 4.69) is 5.16 Å². The molecule has 0 saturated carbocycles. The lowest BCUT2D eigenvalue weighted by Crippen LogP contribution is -2.20. The fourth-order valence-electron chi connectivity index (χ4n) is 2.06. The number of carbonyl (C=O) groups is 1. The molecule has 8 nitrogen and oxygen atoms in total. The van der Waals surface area contributed by atoms with E-state index in [-0.39, 0.29) is 11.3 Å². The zero-order valence-electron chi connectivity index (χ0n) is 12.4. The Bertz CT molecular complexity index is 710. The summed E-state index contributed by atoms with van der Waals surface area (Å²) in [7, 11) is 2.98. The van der Waals surface area contributed by atoms with Gasteiger partial charge in [-0.1, -0.05) is 5.16 Å². The minimum Gasteiger partial charge on any atom is -0.465 e. The van der Waals surface area contributed by atoms with E-state index in [0.29, 0.717) is 23.7 Å². The normalized spacial score (nSPS) is 10.3. The molecule has 0 unspecified atom stereocenters. The van der Waals surface area contributed by atoms with Crippen molar-refractivity contribution in [3.05, 3.63) is 51.4 Å². The third-order valence-corrected chi connectivity index (χ3v) is 3.08. The van der Waals surface area contributed by atoms with Gasteiger partial charge < -0.3 is 14.2 Å². The van der Waals surface area contributed by atoms with Crippen LogP contribution in [0, 0.1) is 17.0 Å². The molecule has 0 bridgehead atoms. The van der Waals surface area contributed by atoms with Gasteiger partial charge in [-0.15, -0.1) is 0 Å². The number of esters is 1. The second-order valence-corrected chi connectivity index (χ2v) is 4.74. The minimum atomic E-state index is -0.637. The number of hydrogen-bond donors (Lipinski definition) is 0. The number of nitrogens with zero attached hydrogens (tertiary/aromatic N) is 3. The van der Waals surface area contributed by atoms with E-state index in [1.165, 1.54) is 25.3 Å². The van der Waals surface area contributed by atoms with Gasteiger partial charge in [-0.3, -0.25) is 10.1 Å². The Balaban J connectivity index is 2.35. The van der Waals surface area contributed by atoms with Crippen molar-refractivity contribution in [1.29, 1.82) is 0 Å². The van der Waals surface area contributed by atoms with Crippen molar-refractivity contribution < 1.29 is 19.0 Å². The molecule has 1 aromatic heterocycles. The predicted molar refractivity (Wildman–Crippen MR) is 77.8 cm³/mol. The van der Waals surface area contributed by atoms with Crippen molar-refractivity contribution in [1.82, 2.24) is 5.16 Å². The molecule has 1 aromatic carbocycles. The standard InChI is InChI=1S/C14H15N3O5/c1-9-6-10(15-22-9)8-16(2)13-5-4-11(17(19)20)7-12(13)14(18)21-3/h4-7H,8H2,1-3H3. The highest BCUT2D eigenvalue weighted by atomic mass is 16.6. The largest absolute Gasteiger partial charge is 0.465 e. The number of anilines is 1. The Hall–Kier alpha value is -2.90. The number of non-ortho nitro benzene ring substituents is 1. The van der Waals surface area contributed by atoms with Gasteiger partial charge in [0.1, 0.15) is 11.5 Å². The number of ether oxygens (including phenoxy) is 1. The summed E-state index contributed by atoms with van der Waals surface area (Å²) in [6.07, 6.45) is 0. The first-order valence-electron chi connectivity index (χ1n) is 6.42. The lowest BCUT2D eigenvalue weighted by Gasteiger charge is -2.20. The summed E-state index contributed by atoms with van der Waals surface area (Å²) in [5, 5.41) is 14.7.